The predicted octanol–water partition coefficient (Wildman–Crippen LogP) is 2.50. The van der Waals surface area contributed by atoms with Gasteiger partial charge in [0.2, 0.25) is 0 Å². The lowest BCUT2D eigenvalue weighted by atomic mass is 9.79. The zero-order chi connectivity index (χ0) is 14.7. The molecule has 3 atom stereocenters. The average Bonchev–Trinajstić information content (AvgIpc) is 2.56. The maximum absolute atomic E-state index is 11.2. The number of aliphatic carboxylic acids is 1. The van der Waals surface area contributed by atoms with Crippen LogP contribution in [0.3, 0.4) is 0 Å². The van der Waals surface area contributed by atoms with E-state index in [1.807, 2.05) is 0 Å². The third-order valence-corrected chi connectivity index (χ3v) is 4.80. The third kappa shape index (κ3) is 3.27. The van der Waals surface area contributed by atoms with Crippen molar-refractivity contribution in [3.8, 4) is 0 Å². The first-order valence-corrected chi connectivity index (χ1v) is 7.89. The van der Waals surface area contributed by atoms with Crippen LogP contribution in [0.25, 0.3) is 0 Å². The van der Waals surface area contributed by atoms with E-state index in [2.05, 4.69) is 35.2 Å². The minimum atomic E-state index is -0.841. The van der Waals surface area contributed by atoms with E-state index < -0.39 is 12.1 Å². The lowest BCUT2D eigenvalue weighted by Gasteiger charge is -2.43. The molecule has 0 bridgehead atoms. The van der Waals surface area contributed by atoms with E-state index >= 15 is 0 Å². The van der Waals surface area contributed by atoms with Gasteiger partial charge >= 0.3 is 5.97 Å². The van der Waals surface area contributed by atoms with Crippen LogP contribution in [0.2, 0.25) is 0 Å². The Morgan fingerprint density at radius 2 is 1.95 bits per heavy atom. The van der Waals surface area contributed by atoms with Crippen molar-refractivity contribution in [2.75, 3.05) is 19.7 Å². The molecule has 1 N–H and O–H groups in total. The summed E-state index contributed by atoms with van der Waals surface area (Å²) in [6, 6.07) is 11.1. The van der Waals surface area contributed by atoms with Gasteiger partial charge in [-0.25, -0.2) is 4.79 Å². The number of morpholine rings is 1. The number of rotatable bonds is 3. The normalized spacial score (nSPS) is 31.0. The van der Waals surface area contributed by atoms with Crippen LogP contribution in [0.15, 0.2) is 30.3 Å². The smallest absolute Gasteiger partial charge is 0.334 e. The van der Waals surface area contributed by atoms with Crippen molar-refractivity contribution < 1.29 is 14.6 Å². The van der Waals surface area contributed by atoms with Crippen LogP contribution >= 0.6 is 0 Å². The molecule has 1 heterocycles. The first kappa shape index (κ1) is 14.5. The summed E-state index contributed by atoms with van der Waals surface area (Å²) in [7, 11) is 0. The molecule has 4 nitrogen and oxygen atoms in total. The van der Waals surface area contributed by atoms with Gasteiger partial charge in [-0.1, -0.05) is 43.2 Å². The Balaban J connectivity index is 1.76. The summed E-state index contributed by atoms with van der Waals surface area (Å²) in [5.41, 5.74) is 1.39. The quantitative estimate of drug-likeness (QED) is 0.929. The highest BCUT2D eigenvalue weighted by atomic mass is 16.5. The summed E-state index contributed by atoms with van der Waals surface area (Å²) in [6.07, 6.45) is 4.19. The molecule has 4 heteroatoms. The second-order valence-electron chi connectivity index (χ2n) is 6.06. The summed E-state index contributed by atoms with van der Waals surface area (Å²) in [6.45, 7) is 1.89. The monoisotopic (exact) mass is 289 g/mol. The van der Waals surface area contributed by atoms with Crippen LogP contribution in [0, 0.1) is 0 Å². The lowest BCUT2D eigenvalue weighted by Crippen LogP contribution is -2.52. The van der Waals surface area contributed by atoms with Gasteiger partial charge in [-0.05, 0) is 24.3 Å². The second kappa shape index (κ2) is 6.58. The number of hydrogen-bond donors (Lipinski definition) is 1. The van der Waals surface area contributed by atoms with Gasteiger partial charge in [0.05, 0.1) is 6.61 Å². The lowest BCUT2D eigenvalue weighted by molar-refractivity contribution is -0.157. The first-order valence-electron chi connectivity index (χ1n) is 7.89. The standard InChI is InChI=1S/C17H23NO3/c19-17(20)16-12-18(10-11-21-16)15-9-5-4-8-14(15)13-6-2-1-3-7-13/h1-3,6-7,14-16H,4-5,8-12H2,(H,19,20). The first-order chi connectivity index (χ1) is 10.3. The number of carboxylic acids is 1. The van der Waals surface area contributed by atoms with Crippen molar-refractivity contribution in [2.24, 2.45) is 0 Å². The highest BCUT2D eigenvalue weighted by Gasteiger charge is 2.35. The highest BCUT2D eigenvalue weighted by molar-refractivity contribution is 5.72. The molecule has 0 radical (unpaired) electrons. The van der Waals surface area contributed by atoms with Gasteiger partial charge in [-0.2, -0.15) is 0 Å². The van der Waals surface area contributed by atoms with Gasteiger partial charge in [0.15, 0.2) is 6.10 Å². The Morgan fingerprint density at radius 3 is 2.71 bits per heavy atom. The molecular formula is C17H23NO3. The number of carbonyl (C=O) groups is 1. The summed E-state index contributed by atoms with van der Waals surface area (Å²) in [5, 5.41) is 9.19. The molecule has 2 fully saturated rings. The van der Waals surface area contributed by atoms with Gasteiger partial charge in [0.1, 0.15) is 0 Å². The summed E-state index contributed by atoms with van der Waals surface area (Å²) in [5.74, 6) is -0.320. The molecule has 3 rings (SSSR count). The Hall–Kier alpha value is -1.39. The Labute approximate surface area is 125 Å². The van der Waals surface area contributed by atoms with E-state index in [-0.39, 0.29) is 0 Å². The molecule has 21 heavy (non-hydrogen) atoms. The van der Waals surface area contributed by atoms with E-state index in [1.165, 1.54) is 24.8 Å². The number of benzene rings is 1. The minimum Gasteiger partial charge on any atom is -0.479 e. The van der Waals surface area contributed by atoms with E-state index in [0.29, 0.717) is 25.1 Å². The number of hydrogen-bond acceptors (Lipinski definition) is 3. The summed E-state index contributed by atoms with van der Waals surface area (Å²) < 4.78 is 5.36. The maximum atomic E-state index is 11.2. The van der Waals surface area contributed by atoms with Crippen molar-refractivity contribution in [3.63, 3.8) is 0 Å². The molecule has 114 valence electrons. The van der Waals surface area contributed by atoms with Crippen LogP contribution in [-0.4, -0.2) is 47.8 Å². The summed E-state index contributed by atoms with van der Waals surface area (Å²) >= 11 is 0. The third-order valence-electron chi connectivity index (χ3n) is 4.80. The molecule has 1 saturated heterocycles. The predicted molar refractivity (Wildman–Crippen MR) is 80.4 cm³/mol. The van der Waals surface area contributed by atoms with Crippen molar-refractivity contribution in [1.82, 2.24) is 4.90 Å². The fraction of sp³-hybridized carbons (Fsp3) is 0.588. The molecule has 0 aromatic heterocycles. The van der Waals surface area contributed by atoms with Crippen molar-refractivity contribution in [3.05, 3.63) is 35.9 Å². The van der Waals surface area contributed by atoms with E-state index in [9.17, 15) is 9.90 Å². The molecule has 1 aliphatic carbocycles. The van der Waals surface area contributed by atoms with Crippen LogP contribution in [0.4, 0.5) is 0 Å². The van der Waals surface area contributed by atoms with E-state index in [1.54, 1.807) is 0 Å². The molecule has 1 aliphatic heterocycles. The Kier molecular flexibility index (Phi) is 4.56. The fourth-order valence-electron chi connectivity index (χ4n) is 3.76. The molecule has 2 aliphatic rings. The largest absolute Gasteiger partial charge is 0.479 e. The average molecular weight is 289 g/mol. The number of ether oxygens (including phenoxy) is 1. The molecule has 1 aromatic rings. The van der Waals surface area contributed by atoms with Gasteiger partial charge in [0.25, 0.3) is 0 Å². The minimum absolute atomic E-state index is 0.451. The highest BCUT2D eigenvalue weighted by Crippen LogP contribution is 2.36. The van der Waals surface area contributed by atoms with Gasteiger partial charge in [-0.3, -0.25) is 4.90 Å². The fourth-order valence-corrected chi connectivity index (χ4v) is 3.76. The molecule has 1 aromatic carbocycles. The molecule has 1 saturated carbocycles. The van der Waals surface area contributed by atoms with Crippen LogP contribution in [0.1, 0.15) is 37.2 Å². The van der Waals surface area contributed by atoms with Crippen molar-refractivity contribution >= 4 is 5.97 Å². The van der Waals surface area contributed by atoms with Gasteiger partial charge < -0.3 is 9.84 Å². The zero-order valence-electron chi connectivity index (χ0n) is 12.3. The van der Waals surface area contributed by atoms with Crippen molar-refractivity contribution in [1.29, 1.82) is 0 Å². The van der Waals surface area contributed by atoms with E-state index in [0.717, 1.165) is 13.0 Å². The number of nitrogens with zero attached hydrogens (tertiary/aromatic N) is 1. The SMILES string of the molecule is O=C(O)C1CN(C2CCCCC2c2ccccc2)CCO1. The molecule has 0 spiro atoms. The zero-order valence-corrected chi connectivity index (χ0v) is 12.3. The van der Waals surface area contributed by atoms with Crippen LogP contribution in [0.5, 0.6) is 0 Å². The summed E-state index contributed by atoms with van der Waals surface area (Å²) in [4.78, 5) is 13.5. The molecule has 0 amide bonds. The molecular weight excluding hydrogens is 266 g/mol. The Bertz CT molecular complexity index is 476. The topological polar surface area (TPSA) is 49.8 Å². The van der Waals surface area contributed by atoms with Gasteiger partial charge in [0, 0.05) is 19.1 Å². The van der Waals surface area contributed by atoms with E-state index in [4.69, 9.17) is 4.74 Å². The Morgan fingerprint density at radius 1 is 1.19 bits per heavy atom. The second-order valence-corrected chi connectivity index (χ2v) is 6.06. The van der Waals surface area contributed by atoms with Crippen LogP contribution < -0.4 is 0 Å². The maximum Gasteiger partial charge on any atom is 0.334 e. The van der Waals surface area contributed by atoms with Gasteiger partial charge in [-0.15, -0.1) is 0 Å². The van der Waals surface area contributed by atoms with Crippen molar-refractivity contribution in [2.45, 2.75) is 43.7 Å². The van der Waals surface area contributed by atoms with Crippen LogP contribution in [-0.2, 0) is 9.53 Å². The molecule has 3 unspecified atom stereocenters. The number of carboxylic acid groups (broad SMARTS) is 1.